The van der Waals surface area contributed by atoms with Crippen LogP contribution in [-0.4, -0.2) is 29.0 Å². The smallest absolute Gasteiger partial charge is 0.339 e. The number of rotatable bonds is 5. The summed E-state index contributed by atoms with van der Waals surface area (Å²) in [6.07, 6.45) is 0.303. The first kappa shape index (κ1) is 21.1. The third-order valence-corrected chi connectivity index (χ3v) is 6.11. The van der Waals surface area contributed by atoms with Crippen molar-refractivity contribution in [3.05, 3.63) is 60.8 Å². The average Bonchev–Trinajstić information content (AvgIpc) is 3.27. The molecular weight excluding hydrogens is 486 g/mol. The average molecular weight is 502 g/mol. The van der Waals surface area contributed by atoms with Gasteiger partial charge in [0.2, 0.25) is 5.78 Å². The van der Waals surface area contributed by atoms with Gasteiger partial charge in [-0.3, -0.25) is 9.59 Å². The number of anilines is 1. The van der Waals surface area contributed by atoms with E-state index in [0.717, 1.165) is 15.2 Å². The van der Waals surface area contributed by atoms with Crippen molar-refractivity contribution < 1.29 is 18.8 Å². The van der Waals surface area contributed by atoms with Gasteiger partial charge in [-0.1, -0.05) is 5.16 Å². The summed E-state index contributed by atoms with van der Waals surface area (Å²) < 4.78 is 5.92. The van der Waals surface area contributed by atoms with Crippen LogP contribution >= 0.6 is 27.3 Å². The number of nitrogens with zero attached hydrogens (tertiary/aromatic N) is 2. The number of aromatic nitrogens is 1. The number of aryl methyl sites for hydroxylation is 1. The number of hydrogen-bond donors (Lipinski definition) is 1. The lowest BCUT2D eigenvalue weighted by Crippen LogP contribution is -2.18. The number of thiazole rings is 1. The number of Topliss-reactive ketones (excluding diaryl/α,β-unsaturated/α-hetero) is 1. The van der Waals surface area contributed by atoms with Gasteiger partial charge in [-0.05, 0) is 59.6 Å². The topological polar surface area (TPSA) is 111 Å². The molecule has 1 amide bonds. The lowest BCUT2D eigenvalue weighted by atomic mass is 10.1. The molecule has 10 heteroatoms. The number of benzene rings is 1. The van der Waals surface area contributed by atoms with Gasteiger partial charge in [0.25, 0.3) is 5.91 Å². The molecule has 0 aliphatic heterocycles. The van der Waals surface area contributed by atoms with Crippen molar-refractivity contribution in [3.63, 3.8) is 0 Å². The van der Waals surface area contributed by atoms with E-state index in [1.54, 1.807) is 38.1 Å². The summed E-state index contributed by atoms with van der Waals surface area (Å²) in [5.41, 5.74) is 3.38. The quantitative estimate of drug-likeness (QED) is 0.416. The van der Waals surface area contributed by atoms with Crippen LogP contribution in [0.25, 0.3) is 16.5 Å². The Morgan fingerprint density at radius 3 is 2.87 bits per heavy atom. The first-order valence-corrected chi connectivity index (χ1v) is 10.9. The SMILES string of the molecule is CC1=C(c2csc(Br)n2)C/C(=N\OCC(=O)Nc2ccc3oc(=O)c(C)cc3c2)C1=O. The summed E-state index contributed by atoms with van der Waals surface area (Å²) in [7, 11) is 0. The Hall–Kier alpha value is -3.11. The Bertz CT molecular complexity index is 1340. The fourth-order valence-electron chi connectivity index (χ4n) is 3.15. The molecule has 0 saturated carbocycles. The summed E-state index contributed by atoms with van der Waals surface area (Å²) in [6, 6.07) is 6.62. The van der Waals surface area contributed by atoms with E-state index in [9.17, 15) is 14.4 Å². The van der Waals surface area contributed by atoms with Gasteiger partial charge < -0.3 is 14.6 Å². The van der Waals surface area contributed by atoms with Crippen LogP contribution < -0.4 is 10.9 Å². The van der Waals surface area contributed by atoms with E-state index in [1.807, 2.05) is 5.38 Å². The first-order chi connectivity index (χ1) is 14.8. The molecule has 0 saturated heterocycles. The molecule has 0 spiro atoms. The van der Waals surface area contributed by atoms with Gasteiger partial charge in [-0.2, -0.15) is 0 Å². The number of halogens is 1. The van der Waals surface area contributed by atoms with E-state index in [0.29, 0.717) is 34.2 Å². The number of nitrogens with one attached hydrogen (secondary N) is 1. The standard InChI is InChI=1S/C21H16BrN3O5S/c1-10-5-12-6-13(3-4-17(12)30-20(10)28)23-18(26)8-29-25-15-7-14(11(2)19(15)27)16-9-31-21(22)24-16/h3-6,9H,7-8H2,1-2H3,(H,23,26)/b25-15+. The number of carbonyl (C=O) groups is 2. The van der Waals surface area contributed by atoms with Crippen LogP contribution in [0.2, 0.25) is 0 Å². The fraction of sp³-hybridized carbons (Fsp3) is 0.190. The van der Waals surface area contributed by atoms with Crippen LogP contribution in [0.3, 0.4) is 0 Å². The number of fused-ring (bicyclic) bond motifs is 1. The van der Waals surface area contributed by atoms with E-state index in [1.165, 1.54) is 11.3 Å². The van der Waals surface area contributed by atoms with Crippen LogP contribution in [0.4, 0.5) is 5.69 Å². The number of allylic oxidation sites excluding steroid dienone is 2. The van der Waals surface area contributed by atoms with Crippen molar-refractivity contribution in [2.45, 2.75) is 20.3 Å². The molecule has 31 heavy (non-hydrogen) atoms. The van der Waals surface area contributed by atoms with Crippen LogP contribution in [0.5, 0.6) is 0 Å². The van der Waals surface area contributed by atoms with Gasteiger partial charge in [0.05, 0.1) is 5.69 Å². The summed E-state index contributed by atoms with van der Waals surface area (Å²) in [5.74, 6) is -0.650. The van der Waals surface area contributed by atoms with Crippen LogP contribution in [-0.2, 0) is 14.4 Å². The van der Waals surface area contributed by atoms with Crippen molar-refractivity contribution in [2.75, 3.05) is 11.9 Å². The molecule has 1 aliphatic rings. The van der Waals surface area contributed by atoms with Crippen molar-refractivity contribution in [3.8, 4) is 0 Å². The molecule has 1 aliphatic carbocycles. The van der Waals surface area contributed by atoms with Gasteiger partial charge in [0.1, 0.15) is 11.3 Å². The maximum atomic E-state index is 12.4. The Morgan fingerprint density at radius 2 is 2.13 bits per heavy atom. The maximum absolute atomic E-state index is 12.4. The molecule has 3 aromatic rings. The molecule has 0 fully saturated rings. The Morgan fingerprint density at radius 1 is 1.32 bits per heavy atom. The third-order valence-electron chi connectivity index (χ3n) is 4.75. The van der Waals surface area contributed by atoms with E-state index < -0.39 is 11.5 Å². The predicted octanol–water partition coefficient (Wildman–Crippen LogP) is 4.08. The number of hydrogen-bond acceptors (Lipinski definition) is 8. The van der Waals surface area contributed by atoms with E-state index in [4.69, 9.17) is 9.25 Å². The second-order valence-electron chi connectivity index (χ2n) is 6.92. The molecule has 0 atom stereocenters. The first-order valence-electron chi connectivity index (χ1n) is 9.21. The van der Waals surface area contributed by atoms with Gasteiger partial charge in [0, 0.05) is 34.0 Å². The minimum Gasteiger partial charge on any atom is -0.423 e. The zero-order chi connectivity index (χ0) is 22.1. The highest BCUT2D eigenvalue weighted by Crippen LogP contribution is 2.32. The molecule has 0 bridgehead atoms. The molecule has 1 N–H and O–H groups in total. The molecule has 1 aromatic carbocycles. The number of oxime groups is 1. The van der Waals surface area contributed by atoms with Crippen molar-refractivity contribution in [2.24, 2.45) is 5.16 Å². The molecule has 0 unspecified atom stereocenters. The van der Waals surface area contributed by atoms with Gasteiger partial charge >= 0.3 is 5.63 Å². The normalized spacial score (nSPS) is 15.2. The van der Waals surface area contributed by atoms with Crippen molar-refractivity contribution >= 4 is 66.9 Å². The Labute approximate surface area is 188 Å². The summed E-state index contributed by atoms with van der Waals surface area (Å²) >= 11 is 4.75. The highest BCUT2D eigenvalue weighted by Gasteiger charge is 2.29. The van der Waals surface area contributed by atoms with Crippen molar-refractivity contribution in [1.29, 1.82) is 0 Å². The van der Waals surface area contributed by atoms with Crippen LogP contribution in [0.15, 0.2) is 53.5 Å². The zero-order valence-corrected chi connectivity index (χ0v) is 18.9. The second-order valence-corrected chi connectivity index (χ2v) is 9.06. The Kier molecular flexibility index (Phi) is 5.84. The molecule has 2 heterocycles. The number of carbonyl (C=O) groups excluding carboxylic acids is 2. The summed E-state index contributed by atoms with van der Waals surface area (Å²) in [5, 5.41) is 9.11. The number of ketones is 1. The van der Waals surface area contributed by atoms with Gasteiger partial charge in [-0.15, -0.1) is 11.3 Å². The minimum atomic E-state index is -0.434. The Balaban J connectivity index is 1.38. The molecule has 4 rings (SSSR count). The molecular formula is C21H16BrN3O5S. The molecule has 158 valence electrons. The van der Waals surface area contributed by atoms with Gasteiger partial charge in [-0.25, -0.2) is 9.78 Å². The lowest BCUT2D eigenvalue weighted by Gasteiger charge is -2.06. The lowest BCUT2D eigenvalue weighted by molar-refractivity contribution is -0.120. The summed E-state index contributed by atoms with van der Waals surface area (Å²) in [6.45, 7) is 3.03. The van der Waals surface area contributed by atoms with Crippen molar-refractivity contribution in [1.82, 2.24) is 4.98 Å². The van der Waals surface area contributed by atoms with E-state index >= 15 is 0 Å². The number of amides is 1. The molecule has 2 aromatic heterocycles. The predicted molar refractivity (Wildman–Crippen MR) is 121 cm³/mol. The van der Waals surface area contributed by atoms with Gasteiger partial charge in [0.15, 0.2) is 10.5 Å². The second kappa shape index (κ2) is 8.56. The van der Waals surface area contributed by atoms with E-state index in [-0.39, 0.29) is 18.1 Å². The zero-order valence-electron chi connectivity index (χ0n) is 16.5. The largest absolute Gasteiger partial charge is 0.423 e. The molecule has 0 radical (unpaired) electrons. The highest BCUT2D eigenvalue weighted by molar-refractivity contribution is 9.11. The third kappa shape index (κ3) is 4.49. The van der Waals surface area contributed by atoms with Crippen LogP contribution in [0.1, 0.15) is 24.6 Å². The summed E-state index contributed by atoms with van der Waals surface area (Å²) in [4.78, 5) is 45.6. The fourth-order valence-corrected chi connectivity index (χ4v) is 4.18. The maximum Gasteiger partial charge on any atom is 0.339 e. The minimum absolute atomic E-state index is 0.217. The highest BCUT2D eigenvalue weighted by atomic mass is 79.9. The molecule has 8 nitrogen and oxygen atoms in total. The monoisotopic (exact) mass is 501 g/mol. The van der Waals surface area contributed by atoms with Crippen LogP contribution in [0, 0.1) is 6.92 Å². The van der Waals surface area contributed by atoms with E-state index in [2.05, 4.69) is 31.4 Å².